The number of nitrogens with two attached hydrogens (primary N) is 1. The summed E-state index contributed by atoms with van der Waals surface area (Å²) in [7, 11) is 0. The first-order valence-corrected chi connectivity index (χ1v) is 6.20. The van der Waals surface area contributed by atoms with E-state index in [0.29, 0.717) is 5.56 Å². The number of anilines is 1. The van der Waals surface area contributed by atoms with Crippen molar-refractivity contribution < 1.29 is 29.9 Å². The van der Waals surface area contributed by atoms with Crippen LogP contribution in [-0.4, -0.2) is 67.7 Å². The van der Waals surface area contributed by atoms with Gasteiger partial charge in [0.15, 0.2) is 6.29 Å². The second-order valence-corrected chi connectivity index (χ2v) is 4.64. The van der Waals surface area contributed by atoms with E-state index in [-0.39, 0.29) is 12.4 Å². The number of ether oxygens (including phenoxy) is 2. The summed E-state index contributed by atoms with van der Waals surface area (Å²) in [5, 5.41) is 38.0. The zero-order valence-corrected chi connectivity index (χ0v) is 10.9. The molecule has 1 aromatic rings. The van der Waals surface area contributed by atoms with E-state index >= 15 is 0 Å². The molecular formula is C11H17N3O7. The first kappa shape index (κ1) is 15.8. The SMILES string of the molecule is Nc1[nH]c(=O)ncc1CO[C@@H]1O[C@H](CO)[C@@H](O)[C@H](O)[C@H]1O. The summed E-state index contributed by atoms with van der Waals surface area (Å²) < 4.78 is 10.4. The second kappa shape index (κ2) is 6.47. The van der Waals surface area contributed by atoms with Crippen molar-refractivity contribution in [3.05, 3.63) is 22.2 Å². The number of aliphatic hydroxyl groups is 4. The molecule has 1 aliphatic rings. The highest BCUT2D eigenvalue weighted by Gasteiger charge is 2.44. The molecule has 0 aliphatic carbocycles. The lowest BCUT2D eigenvalue weighted by molar-refractivity contribution is -0.304. The Bertz CT molecular complexity index is 535. The monoisotopic (exact) mass is 303 g/mol. The van der Waals surface area contributed by atoms with Crippen LogP contribution in [0.3, 0.4) is 0 Å². The molecule has 21 heavy (non-hydrogen) atoms. The van der Waals surface area contributed by atoms with Gasteiger partial charge in [0.05, 0.1) is 13.2 Å². The van der Waals surface area contributed by atoms with Crippen molar-refractivity contribution in [3.63, 3.8) is 0 Å². The lowest BCUT2D eigenvalue weighted by atomic mass is 9.99. The Hall–Kier alpha value is -1.56. The quantitative estimate of drug-likeness (QED) is 0.332. The molecule has 10 nitrogen and oxygen atoms in total. The zero-order valence-electron chi connectivity index (χ0n) is 10.9. The number of nitrogen functional groups attached to an aromatic ring is 1. The van der Waals surface area contributed by atoms with Crippen molar-refractivity contribution >= 4 is 5.82 Å². The molecule has 0 saturated carbocycles. The molecular weight excluding hydrogens is 286 g/mol. The summed E-state index contributed by atoms with van der Waals surface area (Å²) in [5.74, 6) is 0.0552. The topological polar surface area (TPSA) is 171 Å². The van der Waals surface area contributed by atoms with Crippen molar-refractivity contribution in [2.24, 2.45) is 0 Å². The molecule has 0 bridgehead atoms. The second-order valence-electron chi connectivity index (χ2n) is 4.64. The molecule has 1 aliphatic heterocycles. The van der Waals surface area contributed by atoms with Gasteiger partial charge in [-0.3, -0.25) is 4.98 Å². The normalized spacial score (nSPS) is 33.0. The van der Waals surface area contributed by atoms with Crippen LogP contribution < -0.4 is 11.4 Å². The highest BCUT2D eigenvalue weighted by molar-refractivity contribution is 5.35. The Morgan fingerprint density at radius 3 is 2.67 bits per heavy atom. The van der Waals surface area contributed by atoms with Crippen molar-refractivity contribution in [3.8, 4) is 0 Å². The van der Waals surface area contributed by atoms with E-state index in [0.717, 1.165) is 0 Å². The van der Waals surface area contributed by atoms with E-state index in [1.165, 1.54) is 6.20 Å². The largest absolute Gasteiger partial charge is 0.394 e. The van der Waals surface area contributed by atoms with Crippen LogP contribution in [0.4, 0.5) is 5.82 Å². The third kappa shape index (κ3) is 3.37. The van der Waals surface area contributed by atoms with Gasteiger partial charge in [-0.2, -0.15) is 0 Å². The Morgan fingerprint density at radius 2 is 2.05 bits per heavy atom. The molecule has 2 rings (SSSR count). The summed E-state index contributed by atoms with van der Waals surface area (Å²) in [4.78, 5) is 16.7. The van der Waals surface area contributed by atoms with Crippen molar-refractivity contribution in [2.45, 2.75) is 37.3 Å². The molecule has 7 N–H and O–H groups in total. The highest BCUT2D eigenvalue weighted by Crippen LogP contribution is 2.23. The molecule has 10 heteroatoms. The summed E-state index contributed by atoms with van der Waals surface area (Å²) in [6.45, 7) is -0.703. The summed E-state index contributed by atoms with van der Waals surface area (Å²) in [6.07, 6.45) is -5.60. The first-order valence-electron chi connectivity index (χ1n) is 6.20. The molecule has 1 aromatic heterocycles. The van der Waals surface area contributed by atoms with Gasteiger partial charge in [0.1, 0.15) is 30.2 Å². The van der Waals surface area contributed by atoms with Gasteiger partial charge >= 0.3 is 5.69 Å². The highest BCUT2D eigenvalue weighted by atomic mass is 16.7. The van der Waals surface area contributed by atoms with Gasteiger partial charge < -0.3 is 35.6 Å². The van der Waals surface area contributed by atoms with Crippen LogP contribution in [-0.2, 0) is 16.1 Å². The fraction of sp³-hybridized carbons (Fsp3) is 0.636. The van der Waals surface area contributed by atoms with Gasteiger partial charge in [-0.25, -0.2) is 9.78 Å². The van der Waals surface area contributed by atoms with Crippen LogP contribution in [0, 0.1) is 0 Å². The number of nitrogens with zero attached hydrogens (tertiary/aromatic N) is 1. The summed E-state index contributed by atoms with van der Waals surface area (Å²) in [5.41, 5.74) is 5.31. The fourth-order valence-corrected chi connectivity index (χ4v) is 1.93. The Kier molecular flexibility index (Phi) is 4.88. The van der Waals surface area contributed by atoms with Gasteiger partial charge in [-0.1, -0.05) is 0 Å². The van der Waals surface area contributed by atoms with Crippen LogP contribution in [0.2, 0.25) is 0 Å². The minimum Gasteiger partial charge on any atom is -0.394 e. The van der Waals surface area contributed by atoms with Crippen LogP contribution in [0.15, 0.2) is 11.0 Å². The molecule has 5 atom stereocenters. The number of H-pyrrole nitrogens is 1. The third-order valence-corrected chi connectivity index (χ3v) is 3.18. The average Bonchev–Trinajstić information content (AvgIpc) is 2.46. The zero-order chi connectivity index (χ0) is 15.6. The maximum absolute atomic E-state index is 10.9. The van der Waals surface area contributed by atoms with Crippen molar-refractivity contribution in [2.75, 3.05) is 12.3 Å². The van der Waals surface area contributed by atoms with Gasteiger partial charge in [-0.15, -0.1) is 0 Å². The predicted molar refractivity (Wildman–Crippen MR) is 67.8 cm³/mol. The number of nitrogens with one attached hydrogen (secondary N) is 1. The maximum Gasteiger partial charge on any atom is 0.346 e. The molecule has 0 amide bonds. The van der Waals surface area contributed by atoms with Gasteiger partial charge in [0.2, 0.25) is 0 Å². The number of hydrogen-bond acceptors (Lipinski definition) is 9. The lowest BCUT2D eigenvalue weighted by Gasteiger charge is -2.39. The lowest BCUT2D eigenvalue weighted by Crippen LogP contribution is -2.59. The number of hydrogen-bond donors (Lipinski definition) is 6. The molecule has 2 heterocycles. The first-order chi connectivity index (χ1) is 9.93. The number of aromatic amines is 1. The summed E-state index contributed by atoms with van der Waals surface area (Å²) in [6, 6.07) is 0. The molecule has 118 valence electrons. The Morgan fingerprint density at radius 1 is 1.33 bits per heavy atom. The Balaban J connectivity index is 2.03. The summed E-state index contributed by atoms with van der Waals surface area (Å²) >= 11 is 0. The van der Waals surface area contributed by atoms with Crippen LogP contribution >= 0.6 is 0 Å². The van der Waals surface area contributed by atoms with E-state index < -0.39 is 43.0 Å². The molecule has 0 aromatic carbocycles. The molecule has 0 unspecified atom stereocenters. The minimum atomic E-state index is -1.52. The van der Waals surface area contributed by atoms with Crippen LogP contribution in [0.25, 0.3) is 0 Å². The smallest absolute Gasteiger partial charge is 0.346 e. The standard InChI is InChI=1S/C11H17N3O7/c12-9-4(1-13-11(19)14-9)3-20-10-8(18)7(17)6(16)5(2-15)21-10/h1,5-8,10,15-18H,2-3H2,(H3,12,13,14,19)/t5-,6-,7+,8-,10-/m1/s1. The van der Waals surface area contributed by atoms with E-state index in [1.54, 1.807) is 0 Å². The van der Waals surface area contributed by atoms with E-state index in [2.05, 4.69) is 9.97 Å². The Labute approximate surface area is 118 Å². The average molecular weight is 303 g/mol. The fourth-order valence-electron chi connectivity index (χ4n) is 1.93. The maximum atomic E-state index is 10.9. The molecule has 0 radical (unpaired) electrons. The van der Waals surface area contributed by atoms with E-state index in [1.807, 2.05) is 0 Å². The molecule has 1 fully saturated rings. The number of aliphatic hydroxyl groups excluding tert-OH is 4. The van der Waals surface area contributed by atoms with Crippen molar-refractivity contribution in [1.82, 2.24) is 9.97 Å². The number of rotatable bonds is 4. The van der Waals surface area contributed by atoms with Crippen LogP contribution in [0.1, 0.15) is 5.56 Å². The van der Waals surface area contributed by atoms with E-state index in [9.17, 15) is 20.1 Å². The van der Waals surface area contributed by atoms with Gasteiger partial charge in [-0.05, 0) is 0 Å². The molecule has 0 spiro atoms. The predicted octanol–water partition coefficient (Wildman–Crippen LogP) is -3.33. The minimum absolute atomic E-state index is 0.0552. The van der Waals surface area contributed by atoms with Gasteiger partial charge in [0, 0.05) is 11.8 Å². The van der Waals surface area contributed by atoms with Crippen LogP contribution in [0.5, 0.6) is 0 Å². The number of aromatic nitrogens is 2. The van der Waals surface area contributed by atoms with Crippen molar-refractivity contribution in [1.29, 1.82) is 0 Å². The van der Waals surface area contributed by atoms with E-state index in [4.69, 9.17) is 20.3 Å². The van der Waals surface area contributed by atoms with Gasteiger partial charge in [0.25, 0.3) is 0 Å². The molecule has 1 saturated heterocycles. The third-order valence-electron chi connectivity index (χ3n) is 3.18.